The Morgan fingerprint density at radius 1 is 1.07 bits per heavy atom. The van der Waals surface area contributed by atoms with E-state index in [4.69, 9.17) is 4.74 Å². The molecule has 5 rings (SSSR count). The molecule has 1 unspecified atom stereocenters. The van der Waals surface area contributed by atoms with Crippen molar-refractivity contribution in [1.29, 1.82) is 0 Å². The van der Waals surface area contributed by atoms with Crippen LogP contribution in [0.2, 0.25) is 0 Å². The Bertz CT molecular complexity index is 1190. The third kappa shape index (κ3) is 3.51. The lowest BCUT2D eigenvalue weighted by atomic mass is 10.1. The number of hydrogen-bond donors (Lipinski definition) is 0. The summed E-state index contributed by atoms with van der Waals surface area (Å²) in [5, 5.41) is 4.47. The van der Waals surface area contributed by atoms with E-state index in [1.807, 2.05) is 65.6 Å². The van der Waals surface area contributed by atoms with E-state index in [1.54, 1.807) is 16.9 Å². The van der Waals surface area contributed by atoms with Crippen LogP contribution < -0.4 is 0 Å². The van der Waals surface area contributed by atoms with Gasteiger partial charge in [-0.05, 0) is 23.8 Å². The number of nitrogens with zero attached hydrogens (tertiary/aromatic N) is 4. The first kappa shape index (κ1) is 19.0. The van der Waals surface area contributed by atoms with E-state index in [2.05, 4.69) is 26.0 Å². The zero-order valence-corrected chi connectivity index (χ0v) is 17.7. The minimum atomic E-state index is -0.148. The van der Waals surface area contributed by atoms with Gasteiger partial charge in [0.1, 0.15) is 11.7 Å². The highest BCUT2D eigenvalue weighted by Gasteiger charge is 2.28. The fourth-order valence-electron chi connectivity index (χ4n) is 3.75. The molecule has 150 valence electrons. The summed E-state index contributed by atoms with van der Waals surface area (Å²) in [4.78, 5) is 19.6. The Kier molecular flexibility index (Phi) is 5.06. The minimum Gasteiger partial charge on any atom is -0.370 e. The van der Waals surface area contributed by atoms with Crippen LogP contribution in [0.25, 0.3) is 16.9 Å². The normalized spacial score (nSPS) is 16.7. The number of rotatable bonds is 3. The Morgan fingerprint density at radius 2 is 1.87 bits per heavy atom. The topological polar surface area (TPSA) is 59.7 Å². The van der Waals surface area contributed by atoms with E-state index in [9.17, 15) is 4.79 Å². The molecule has 0 aliphatic carbocycles. The summed E-state index contributed by atoms with van der Waals surface area (Å²) >= 11 is 3.45. The van der Waals surface area contributed by atoms with Gasteiger partial charge in [-0.3, -0.25) is 4.79 Å². The number of fused-ring (bicyclic) bond motifs is 1. The quantitative estimate of drug-likeness (QED) is 0.453. The second-order valence-electron chi connectivity index (χ2n) is 7.15. The molecule has 1 fully saturated rings. The number of aromatic nitrogens is 3. The van der Waals surface area contributed by atoms with Crippen LogP contribution in [0.5, 0.6) is 0 Å². The third-order valence-electron chi connectivity index (χ3n) is 5.30. The molecule has 0 bridgehead atoms. The van der Waals surface area contributed by atoms with Gasteiger partial charge in [-0.2, -0.15) is 5.10 Å². The van der Waals surface area contributed by atoms with Crippen molar-refractivity contribution in [3.63, 3.8) is 0 Å². The molecule has 1 aliphatic heterocycles. The van der Waals surface area contributed by atoms with Crippen LogP contribution in [0.15, 0.2) is 77.5 Å². The van der Waals surface area contributed by atoms with Crippen molar-refractivity contribution in [3.05, 3.63) is 88.7 Å². The fraction of sp³-hybridized carbons (Fsp3) is 0.174. The molecular weight excluding hydrogens is 444 g/mol. The summed E-state index contributed by atoms with van der Waals surface area (Å²) in [7, 11) is 0. The van der Waals surface area contributed by atoms with Crippen molar-refractivity contribution in [2.24, 2.45) is 0 Å². The lowest BCUT2D eigenvalue weighted by molar-refractivity contribution is -0.0227. The van der Waals surface area contributed by atoms with Crippen LogP contribution in [0.3, 0.4) is 0 Å². The Balaban J connectivity index is 1.44. The molecule has 1 saturated heterocycles. The lowest BCUT2D eigenvalue weighted by Crippen LogP contribution is -2.42. The van der Waals surface area contributed by atoms with Gasteiger partial charge < -0.3 is 9.64 Å². The van der Waals surface area contributed by atoms with Gasteiger partial charge in [-0.25, -0.2) is 9.50 Å². The van der Waals surface area contributed by atoms with Gasteiger partial charge >= 0.3 is 0 Å². The highest BCUT2D eigenvalue weighted by atomic mass is 79.9. The number of morpholine rings is 1. The second kappa shape index (κ2) is 8.01. The first-order valence-electron chi connectivity index (χ1n) is 9.75. The van der Waals surface area contributed by atoms with Crippen LogP contribution >= 0.6 is 15.9 Å². The molecule has 6 nitrogen and oxygen atoms in total. The minimum absolute atomic E-state index is 0.0758. The van der Waals surface area contributed by atoms with Crippen molar-refractivity contribution in [2.45, 2.75) is 6.10 Å². The average molecular weight is 463 g/mol. The Hall–Kier alpha value is -3.03. The molecular formula is C23H19BrN4O2. The molecule has 0 spiro atoms. The van der Waals surface area contributed by atoms with Gasteiger partial charge in [0.15, 0.2) is 5.65 Å². The van der Waals surface area contributed by atoms with Crippen LogP contribution in [0.1, 0.15) is 22.0 Å². The molecule has 0 N–H and O–H groups in total. The zero-order valence-electron chi connectivity index (χ0n) is 16.1. The molecule has 2 aromatic heterocycles. The van der Waals surface area contributed by atoms with Gasteiger partial charge in [0.05, 0.1) is 25.0 Å². The number of carbonyl (C=O) groups excluding carboxylic acids is 1. The monoisotopic (exact) mass is 462 g/mol. The number of halogens is 1. The summed E-state index contributed by atoms with van der Waals surface area (Å²) in [6.45, 7) is 1.53. The largest absolute Gasteiger partial charge is 0.370 e. The number of amides is 1. The molecule has 0 saturated carbocycles. The van der Waals surface area contributed by atoms with Gasteiger partial charge in [0, 0.05) is 22.8 Å². The zero-order chi connectivity index (χ0) is 20.5. The van der Waals surface area contributed by atoms with Gasteiger partial charge in [-0.1, -0.05) is 58.4 Å². The predicted molar refractivity (Wildman–Crippen MR) is 117 cm³/mol. The van der Waals surface area contributed by atoms with E-state index in [0.717, 1.165) is 21.3 Å². The van der Waals surface area contributed by atoms with E-state index in [1.165, 1.54) is 0 Å². The van der Waals surface area contributed by atoms with Crippen molar-refractivity contribution < 1.29 is 9.53 Å². The molecule has 3 heterocycles. The first-order chi connectivity index (χ1) is 14.7. The van der Waals surface area contributed by atoms with Crippen LogP contribution in [0, 0.1) is 0 Å². The number of benzene rings is 2. The highest BCUT2D eigenvalue weighted by Crippen LogP contribution is 2.26. The van der Waals surface area contributed by atoms with Crippen molar-refractivity contribution in [2.75, 3.05) is 19.7 Å². The Morgan fingerprint density at radius 3 is 2.67 bits per heavy atom. The smallest absolute Gasteiger partial charge is 0.259 e. The number of hydrogen-bond acceptors (Lipinski definition) is 4. The molecule has 1 aliphatic rings. The van der Waals surface area contributed by atoms with E-state index >= 15 is 0 Å². The third-order valence-corrected chi connectivity index (χ3v) is 5.83. The summed E-state index contributed by atoms with van der Waals surface area (Å²) in [5.74, 6) is -0.0758. The lowest BCUT2D eigenvalue weighted by Gasteiger charge is -2.33. The van der Waals surface area contributed by atoms with Crippen molar-refractivity contribution in [1.82, 2.24) is 19.5 Å². The van der Waals surface area contributed by atoms with Crippen LogP contribution in [-0.2, 0) is 4.74 Å². The average Bonchev–Trinajstić information content (AvgIpc) is 3.24. The maximum Gasteiger partial charge on any atom is 0.259 e. The molecule has 2 aromatic carbocycles. The molecule has 30 heavy (non-hydrogen) atoms. The predicted octanol–water partition coefficient (Wildman–Crippen LogP) is 4.37. The van der Waals surface area contributed by atoms with Crippen molar-refractivity contribution >= 4 is 27.5 Å². The Labute approximate surface area is 182 Å². The maximum absolute atomic E-state index is 13.3. The standard InChI is InChI=1S/C23H19BrN4O2/c24-18-8-6-17(7-9-18)21-15-27(12-13-30-21)23(29)19-14-26-28-20(10-11-25-22(19)28)16-4-2-1-3-5-16/h1-11,14,21H,12-13,15H2. The molecule has 7 heteroatoms. The summed E-state index contributed by atoms with van der Waals surface area (Å²) in [6, 6.07) is 19.9. The summed E-state index contributed by atoms with van der Waals surface area (Å²) in [6.07, 6.45) is 3.19. The van der Waals surface area contributed by atoms with Gasteiger partial charge in [0.25, 0.3) is 5.91 Å². The molecule has 1 amide bonds. The van der Waals surface area contributed by atoms with Gasteiger partial charge in [-0.15, -0.1) is 0 Å². The number of ether oxygens (including phenoxy) is 1. The maximum atomic E-state index is 13.3. The van der Waals surface area contributed by atoms with Crippen molar-refractivity contribution in [3.8, 4) is 11.3 Å². The van der Waals surface area contributed by atoms with Crippen LogP contribution in [0.4, 0.5) is 0 Å². The van der Waals surface area contributed by atoms with Gasteiger partial charge in [0.2, 0.25) is 0 Å². The molecule has 1 atom stereocenters. The SMILES string of the molecule is O=C(c1cnn2c(-c3ccccc3)ccnc12)N1CCOC(c2ccc(Br)cc2)C1. The van der Waals surface area contributed by atoms with Crippen LogP contribution in [-0.4, -0.2) is 45.1 Å². The highest BCUT2D eigenvalue weighted by molar-refractivity contribution is 9.10. The number of carbonyl (C=O) groups is 1. The van der Waals surface area contributed by atoms with E-state index in [0.29, 0.717) is 30.9 Å². The fourth-order valence-corrected chi connectivity index (χ4v) is 4.02. The molecule has 4 aromatic rings. The second-order valence-corrected chi connectivity index (χ2v) is 8.07. The van der Waals surface area contributed by atoms with E-state index in [-0.39, 0.29) is 12.0 Å². The molecule has 0 radical (unpaired) electrons. The first-order valence-corrected chi connectivity index (χ1v) is 10.5. The van der Waals surface area contributed by atoms with E-state index < -0.39 is 0 Å². The summed E-state index contributed by atoms with van der Waals surface area (Å²) < 4.78 is 8.67. The summed E-state index contributed by atoms with van der Waals surface area (Å²) in [5.41, 5.74) is 4.04.